The van der Waals surface area contributed by atoms with Crippen LogP contribution in [0.3, 0.4) is 0 Å². The van der Waals surface area contributed by atoms with Gasteiger partial charge in [0.1, 0.15) is 135 Å². The Morgan fingerprint density at radius 1 is 0.488 bits per heavy atom. The van der Waals surface area contributed by atoms with Gasteiger partial charge in [0.15, 0.2) is 0 Å². The number of carbonyl (C=O) groups excluding carboxylic acids is 8. The number of aliphatic hydroxyl groups excluding tert-OH is 1. The molecule has 0 aromatic rings. The van der Waals surface area contributed by atoms with Crippen molar-refractivity contribution in [1.82, 2.24) is 42.1 Å². The van der Waals surface area contributed by atoms with Crippen LogP contribution in [-0.4, -0.2) is 190 Å². The van der Waals surface area contributed by atoms with Gasteiger partial charge in [0.25, 0.3) is 0 Å². The van der Waals surface area contributed by atoms with Crippen LogP contribution in [0.1, 0.15) is 129 Å². The SMILES string of the molecule is COCC1CCC(C(=O)NC(CO)C(=O)N(CCCNC(=O)C(C)(COC(=O)NCCCCCOI)COC(=O)NCCCCCOI)CCCNC(=O)C(C)(COC(=O)NCCCCCOI)COC(=O)NCCCCCOI)CC1. The molecule has 0 bridgehead atoms. The van der Waals surface area contributed by atoms with Gasteiger partial charge in [-0.3, -0.25) is 19.2 Å². The third-order valence-corrected chi connectivity index (χ3v) is 15.1. The monoisotopic (exact) mass is 1620 g/mol. The molecule has 1 unspecified atom stereocenters. The third kappa shape index (κ3) is 37.3. The fourth-order valence-corrected chi connectivity index (χ4v) is 9.52. The van der Waals surface area contributed by atoms with Crippen LogP contribution in [0.25, 0.3) is 0 Å². The molecule has 1 saturated carbocycles. The summed E-state index contributed by atoms with van der Waals surface area (Å²) in [4.78, 5) is 108. The zero-order valence-corrected chi connectivity index (χ0v) is 56.7. The molecule has 1 fully saturated rings. The number of aliphatic hydroxyl groups is 1. The highest BCUT2D eigenvalue weighted by atomic mass is 127. The molecule has 1 aliphatic rings. The Morgan fingerprint density at radius 3 is 1.12 bits per heavy atom. The summed E-state index contributed by atoms with van der Waals surface area (Å²) in [6.45, 7) is 4.81. The van der Waals surface area contributed by atoms with Crippen molar-refractivity contribution in [3.63, 3.8) is 0 Å². The Bertz CT molecular complexity index is 1640. The number of amides is 8. The van der Waals surface area contributed by atoms with Crippen LogP contribution in [0.2, 0.25) is 0 Å². The smallest absolute Gasteiger partial charge is 0.407 e. The van der Waals surface area contributed by atoms with Crippen molar-refractivity contribution in [3.8, 4) is 0 Å². The van der Waals surface area contributed by atoms with Crippen molar-refractivity contribution < 1.29 is 79.4 Å². The van der Waals surface area contributed by atoms with E-state index >= 15 is 0 Å². The second-order valence-electron chi connectivity index (χ2n) is 20.6. The Hall–Kier alpha value is -2.36. The van der Waals surface area contributed by atoms with Crippen molar-refractivity contribution >= 4 is 140 Å². The minimum absolute atomic E-state index is 0.00331. The molecular weight excluding hydrogens is 1530 g/mol. The number of methoxy groups -OCH3 is 1. The summed E-state index contributed by atoms with van der Waals surface area (Å²) in [5.74, 6) is -2.19. The van der Waals surface area contributed by atoms with Gasteiger partial charge in [-0.05, 0) is 135 Å². The molecule has 1 atom stereocenters. The maximum atomic E-state index is 14.3. The van der Waals surface area contributed by atoms with Crippen molar-refractivity contribution in [2.45, 2.75) is 135 Å². The van der Waals surface area contributed by atoms with E-state index in [1.807, 2.05) is 92.0 Å². The van der Waals surface area contributed by atoms with Crippen LogP contribution in [0.15, 0.2) is 0 Å². The van der Waals surface area contributed by atoms with E-state index in [-0.39, 0.29) is 50.8 Å². The van der Waals surface area contributed by atoms with Gasteiger partial charge in [0.2, 0.25) is 23.6 Å². The summed E-state index contributed by atoms with van der Waals surface area (Å²) >= 11 is 7.29. The number of halogens is 4. The van der Waals surface area contributed by atoms with Crippen LogP contribution < -0.4 is 37.2 Å². The van der Waals surface area contributed by atoms with Crippen molar-refractivity contribution in [2.24, 2.45) is 22.7 Å². The number of alkyl carbamates (subject to hydrolysis) is 4. The van der Waals surface area contributed by atoms with Crippen LogP contribution in [0.5, 0.6) is 0 Å². The number of nitrogens with zero attached hydrogens (tertiary/aromatic N) is 1. The number of unbranched alkanes of at least 4 members (excludes halogenated alkanes) is 8. The van der Waals surface area contributed by atoms with Crippen molar-refractivity contribution in [3.05, 3.63) is 0 Å². The molecule has 8 N–H and O–H groups in total. The Kier molecular flexibility index (Phi) is 47.1. The molecule has 0 radical (unpaired) electrons. The lowest BCUT2D eigenvalue weighted by Gasteiger charge is -2.31. The highest BCUT2D eigenvalue weighted by Crippen LogP contribution is 2.29. The van der Waals surface area contributed by atoms with Gasteiger partial charge in [0, 0.05) is 72.0 Å². The molecule has 1 aliphatic carbocycles. The highest BCUT2D eigenvalue weighted by molar-refractivity contribution is 14.1. The quantitative estimate of drug-likeness (QED) is 0.0176. The zero-order chi connectivity index (χ0) is 60.7. The lowest BCUT2D eigenvalue weighted by atomic mass is 9.82. The minimum atomic E-state index is -1.54. The predicted molar refractivity (Wildman–Crippen MR) is 337 cm³/mol. The summed E-state index contributed by atoms with van der Waals surface area (Å²) in [5, 5.41) is 29.6. The summed E-state index contributed by atoms with van der Waals surface area (Å²) in [6, 6.07) is -1.30. The molecule has 0 heterocycles. The van der Waals surface area contributed by atoms with Crippen LogP contribution >= 0.6 is 92.0 Å². The lowest BCUT2D eigenvalue weighted by Crippen LogP contribution is -2.53. The molecule has 476 valence electrons. The van der Waals surface area contributed by atoms with E-state index in [2.05, 4.69) is 37.2 Å². The maximum absolute atomic E-state index is 14.3. The number of hydrogen-bond donors (Lipinski definition) is 8. The fraction of sp³-hybridized carbons (Fsp3) is 0.846. The topological polar surface area (TPSA) is 327 Å². The molecule has 1 rings (SSSR count). The predicted octanol–water partition coefficient (Wildman–Crippen LogP) is 6.82. The zero-order valence-electron chi connectivity index (χ0n) is 48.0. The first kappa shape index (κ1) is 77.7. The Balaban J connectivity index is 3.23. The van der Waals surface area contributed by atoms with E-state index in [0.717, 1.165) is 64.2 Å². The first-order valence-electron chi connectivity index (χ1n) is 28.3. The fourth-order valence-electron chi connectivity index (χ4n) is 8.27. The maximum Gasteiger partial charge on any atom is 0.407 e. The molecule has 0 saturated heterocycles. The Labute approximate surface area is 540 Å². The van der Waals surface area contributed by atoms with Crippen LogP contribution in [-0.2, 0) is 55.1 Å². The standard InChI is InChI=1S/C52H92I4N8O18/c1-51(36-75-47(70)59-22-8-4-12-30-79-53,37-76-48(71)60-23-9-5-13-31-80-54)45(68)57-26-16-28-64(44(67)42(34-65)63-43(66)41-20-18-40(19-21-41)35-74-3)29-17-27-58-46(69)52(2,38-77-49(72)61-24-10-6-14-32-81-55)39-78-50(73)62-25-11-7-15-33-82-56/h40-42,65H,4-39H2,1-3H3,(H,57,68)(H,58,69)(H,59,70)(H,60,71)(H,61,72)(H,62,73)(H,63,66). The summed E-state index contributed by atoms with van der Waals surface area (Å²) in [7, 11) is 1.64. The van der Waals surface area contributed by atoms with Gasteiger partial charge >= 0.3 is 24.4 Å². The van der Waals surface area contributed by atoms with E-state index in [1.165, 1.54) is 18.7 Å². The number of hydrogen-bond acceptors (Lipinski definition) is 18. The van der Waals surface area contributed by atoms with Gasteiger partial charge in [-0.15, -0.1) is 0 Å². The molecule has 82 heavy (non-hydrogen) atoms. The molecular formula is C52H92I4N8O18. The molecule has 0 spiro atoms. The first-order chi connectivity index (χ1) is 39.5. The molecule has 30 heteroatoms. The number of nitrogens with one attached hydrogen (secondary N) is 7. The van der Waals surface area contributed by atoms with Crippen LogP contribution in [0, 0.1) is 22.7 Å². The largest absolute Gasteiger partial charge is 0.448 e. The van der Waals surface area contributed by atoms with Crippen molar-refractivity contribution in [2.75, 3.05) is 126 Å². The van der Waals surface area contributed by atoms with E-state index in [4.69, 9.17) is 35.9 Å². The van der Waals surface area contributed by atoms with Gasteiger partial charge in [-0.1, -0.05) is 0 Å². The molecule has 26 nitrogen and oxygen atoms in total. The van der Waals surface area contributed by atoms with Gasteiger partial charge in [0.05, 0.1) is 33.0 Å². The summed E-state index contributed by atoms with van der Waals surface area (Å²) in [6.07, 6.45) is 9.29. The first-order valence-corrected chi connectivity index (χ1v) is 31.9. The average molecular weight is 1620 g/mol. The molecule has 0 aliphatic heterocycles. The van der Waals surface area contributed by atoms with E-state index in [9.17, 15) is 43.5 Å². The van der Waals surface area contributed by atoms with E-state index in [1.54, 1.807) is 7.11 Å². The normalized spacial score (nSPS) is 14.6. The highest BCUT2D eigenvalue weighted by Gasteiger charge is 2.39. The lowest BCUT2D eigenvalue weighted by molar-refractivity contribution is -0.139. The van der Waals surface area contributed by atoms with E-state index in [0.29, 0.717) is 104 Å². The second-order valence-corrected chi connectivity index (χ2v) is 23.1. The average Bonchev–Trinajstić information content (AvgIpc) is 3.54. The molecule has 8 amide bonds. The summed E-state index contributed by atoms with van der Waals surface area (Å²) < 4.78 is 47.3. The molecule has 0 aromatic carbocycles. The van der Waals surface area contributed by atoms with E-state index < -0.39 is 92.0 Å². The van der Waals surface area contributed by atoms with Crippen molar-refractivity contribution in [1.29, 1.82) is 0 Å². The van der Waals surface area contributed by atoms with Gasteiger partial charge in [-0.25, -0.2) is 19.2 Å². The number of rotatable bonds is 48. The summed E-state index contributed by atoms with van der Waals surface area (Å²) in [5.41, 5.74) is -3.09. The minimum Gasteiger partial charge on any atom is -0.448 e. The number of ether oxygens (including phenoxy) is 5. The van der Waals surface area contributed by atoms with Gasteiger partial charge < -0.3 is 83.2 Å². The Morgan fingerprint density at radius 2 is 0.817 bits per heavy atom. The molecule has 0 aromatic heterocycles. The van der Waals surface area contributed by atoms with Gasteiger partial charge in [-0.2, -0.15) is 0 Å². The number of carbonyl (C=O) groups is 8. The second kappa shape index (κ2) is 49.7. The van der Waals surface area contributed by atoms with Crippen LogP contribution in [0.4, 0.5) is 19.2 Å². The third-order valence-electron chi connectivity index (χ3n) is 13.4.